The average molecular weight is 209 g/mol. The minimum Gasteiger partial charge on any atom is -0.349 e. The Kier molecular flexibility index (Phi) is 4.69. The molecule has 0 aliphatic carbocycles. The Bertz CT molecular complexity index is 315. The molecular weight excluding hydrogens is 198 g/mol. The lowest BCUT2D eigenvalue weighted by atomic mass is 10.4. The fourth-order valence-electron chi connectivity index (χ4n) is 0.825. The molecule has 0 aliphatic heterocycles. The fourth-order valence-corrected chi connectivity index (χ4v) is 1.38. The number of carbonyl (C=O) groups excluding carboxylic acids is 1. The van der Waals surface area contributed by atoms with E-state index in [4.69, 9.17) is 6.42 Å². The molecule has 1 aromatic rings. The first kappa shape index (κ1) is 10.7. The van der Waals surface area contributed by atoms with Crippen LogP contribution in [0, 0.1) is 12.3 Å². The maximum Gasteiger partial charge on any atom is 0.234 e. The first-order valence-corrected chi connectivity index (χ1v) is 5.05. The molecule has 1 rings (SSSR count). The zero-order chi connectivity index (χ0) is 10.2. The highest BCUT2D eigenvalue weighted by atomic mass is 32.1. The molecule has 0 saturated heterocycles. The second kappa shape index (κ2) is 6.13. The van der Waals surface area contributed by atoms with Crippen molar-refractivity contribution in [1.29, 1.82) is 0 Å². The van der Waals surface area contributed by atoms with Gasteiger partial charge in [0.25, 0.3) is 0 Å². The number of aromatic nitrogens is 1. The highest BCUT2D eigenvalue weighted by Crippen LogP contribution is 1.99. The normalized spacial score (nSPS) is 9.36. The first-order chi connectivity index (χ1) is 6.83. The molecule has 0 atom stereocenters. The van der Waals surface area contributed by atoms with E-state index in [1.807, 2.05) is 5.38 Å². The molecule has 0 fully saturated rings. The van der Waals surface area contributed by atoms with Crippen LogP contribution in [0.5, 0.6) is 0 Å². The number of nitrogens with zero attached hydrogens (tertiary/aromatic N) is 1. The van der Waals surface area contributed by atoms with E-state index in [0.29, 0.717) is 13.1 Å². The van der Waals surface area contributed by atoms with E-state index in [0.717, 1.165) is 5.69 Å². The molecule has 0 radical (unpaired) electrons. The monoisotopic (exact) mass is 209 g/mol. The highest BCUT2D eigenvalue weighted by Gasteiger charge is 2.00. The standard InChI is InChI=1S/C9H11N3OS/c1-2-3-10-5-9(13)11-4-8-6-14-7-12-8/h1,6-7,10H,3-5H2,(H,11,13). The third-order valence-electron chi connectivity index (χ3n) is 1.46. The van der Waals surface area contributed by atoms with Gasteiger partial charge < -0.3 is 5.32 Å². The van der Waals surface area contributed by atoms with Crippen LogP contribution in [-0.4, -0.2) is 24.0 Å². The third kappa shape index (κ3) is 4.03. The van der Waals surface area contributed by atoms with E-state index < -0.39 is 0 Å². The van der Waals surface area contributed by atoms with Gasteiger partial charge in [0.05, 0.1) is 30.8 Å². The molecule has 0 saturated carbocycles. The average Bonchev–Trinajstić information content (AvgIpc) is 2.68. The predicted octanol–water partition coefficient (Wildman–Crippen LogP) is -0.0179. The highest BCUT2D eigenvalue weighted by molar-refractivity contribution is 7.07. The van der Waals surface area contributed by atoms with Crippen LogP contribution in [0.4, 0.5) is 0 Å². The molecule has 0 spiro atoms. The summed E-state index contributed by atoms with van der Waals surface area (Å²) in [6.07, 6.45) is 5.01. The molecular formula is C9H11N3OS. The summed E-state index contributed by atoms with van der Waals surface area (Å²) in [4.78, 5) is 15.2. The van der Waals surface area contributed by atoms with Crippen molar-refractivity contribution in [2.75, 3.05) is 13.1 Å². The van der Waals surface area contributed by atoms with Crippen molar-refractivity contribution in [3.05, 3.63) is 16.6 Å². The Labute approximate surface area is 86.7 Å². The van der Waals surface area contributed by atoms with E-state index in [1.165, 1.54) is 11.3 Å². The van der Waals surface area contributed by atoms with Gasteiger partial charge >= 0.3 is 0 Å². The summed E-state index contributed by atoms with van der Waals surface area (Å²) in [5.74, 6) is 2.32. The quantitative estimate of drug-likeness (QED) is 0.529. The topological polar surface area (TPSA) is 54.0 Å². The lowest BCUT2D eigenvalue weighted by Gasteiger charge is -2.02. The van der Waals surface area contributed by atoms with Gasteiger partial charge in [0.15, 0.2) is 0 Å². The van der Waals surface area contributed by atoms with Crippen LogP contribution >= 0.6 is 11.3 Å². The minimum absolute atomic E-state index is 0.0757. The molecule has 0 aromatic carbocycles. The van der Waals surface area contributed by atoms with E-state index >= 15 is 0 Å². The number of rotatable bonds is 5. The van der Waals surface area contributed by atoms with Crippen LogP contribution in [0.2, 0.25) is 0 Å². The number of terminal acetylenes is 1. The molecule has 4 nitrogen and oxygen atoms in total. The Morgan fingerprint density at radius 1 is 1.71 bits per heavy atom. The van der Waals surface area contributed by atoms with E-state index in [-0.39, 0.29) is 12.5 Å². The predicted molar refractivity (Wildman–Crippen MR) is 55.7 cm³/mol. The van der Waals surface area contributed by atoms with Crippen LogP contribution < -0.4 is 10.6 Å². The minimum atomic E-state index is -0.0757. The van der Waals surface area contributed by atoms with Crippen molar-refractivity contribution in [2.45, 2.75) is 6.54 Å². The lowest BCUT2D eigenvalue weighted by Crippen LogP contribution is -2.33. The van der Waals surface area contributed by atoms with E-state index in [2.05, 4.69) is 21.5 Å². The van der Waals surface area contributed by atoms with Gasteiger partial charge in [-0.3, -0.25) is 10.1 Å². The summed E-state index contributed by atoms with van der Waals surface area (Å²) in [7, 11) is 0. The van der Waals surface area contributed by atoms with Gasteiger partial charge in [0.1, 0.15) is 0 Å². The smallest absolute Gasteiger partial charge is 0.234 e. The molecule has 0 aliphatic rings. The van der Waals surface area contributed by atoms with Crippen LogP contribution in [0.1, 0.15) is 5.69 Å². The van der Waals surface area contributed by atoms with Crippen molar-refractivity contribution in [3.8, 4) is 12.3 Å². The van der Waals surface area contributed by atoms with Crippen molar-refractivity contribution >= 4 is 17.2 Å². The van der Waals surface area contributed by atoms with Crippen LogP contribution in [-0.2, 0) is 11.3 Å². The van der Waals surface area contributed by atoms with Gasteiger partial charge in [-0.1, -0.05) is 5.92 Å². The summed E-state index contributed by atoms with van der Waals surface area (Å²) in [5, 5.41) is 7.42. The number of nitrogens with one attached hydrogen (secondary N) is 2. The summed E-state index contributed by atoms with van der Waals surface area (Å²) < 4.78 is 0. The Balaban J connectivity index is 2.13. The first-order valence-electron chi connectivity index (χ1n) is 4.11. The van der Waals surface area contributed by atoms with Gasteiger partial charge in [0.2, 0.25) is 5.91 Å². The van der Waals surface area contributed by atoms with Crippen molar-refractivity contribution in [1.82, 2.24) is 15.6 Å². The summed E-state index contributed by atoms with van der Waals surface area (Å²) >= 11 is 1.51. The maximum atomic E-state index is 11.1. The molecule has 0 unspecified atom stereocenters. The largest absolute Gasteiger partial charge is 0.349 e. The number of hydrogen-bond donors (Lipinski definition) is 2. The number of thiazole rings is 1. The van der Waals surface area contributed by atoms with Gasteiger partial charge in [-0.15, -0.1) is 17.8 Å². The van der Waals surface area contributed by atoms with Crippen LogP contribution in [0.15, 0.2) is 10.9 Å². The lowest BCUT2D eigenvalue weighted by molar-refractivity contribution is -0.120. The van der Waals surface area contributed by atoms with Crippen LogP contribution in [0.25, 0.3) is 0 Å². The second-order valence-corrected chi connectivity index (χ2v) is 3.28. The molecule has 1 amide bonds. The molecule has 2 N–H and O–H groups in total. The van der Waals surface area contributed by atoms with Crippen molar-refractivity contribution < 1.29 is 4.79 Å². The van der Waals surface area contributed by atoms with E-state index in [9.17, 15) is 4.79 Å². The van der Waals surface area contributed by atoms with Gasteiger partial charge in [-0.05, 0) is 0 Å². The van der Waals surface area contributed by atoms with Gasteiger partial charge in [-0.25, -0.2) is 4.98 Å². The molecule has 74 valence electrons. The zero-order valence-electron chi connectivity index (χ0n) is 7.62. The third-order valence-corrected chi connectivity index (χ3v) is 2.10. The summed E-state index contributed by atoms with van der Waals surface area (Å²) in [6.45, 7) is 1.12. The molecule has 1 aromatic heterocycles. The van der Waals surface area contributed by atoms with Crippen LogP contribution in [0.3, 0.4) is 0 Å². The maximum absolute atomic E-state index is 11.1. The number of amides is 1. The van der Waals surface area contributed by atoms with Gasteiger partial charge in [0, 0.05) is 5.38 Å². The summed E-state index contributed by atoms with van der Waals surface area (Å²) in [6, 6.07) is 0. The van der Waals surface area contributed by atoms with Crippen molar-refractivity contribution in [2.24, 2.45) is 0 Å². The number of hydrogen-bond acceptors (Lipinski definition) is 4. The zero-order valence-corrected chi connectivity index (χ0v) is 8.43. The Hall–Kier alpha value is -1.38. The van der Waals surface area contributed by atoms with Crippen molar-refractivity contribution in [3.63, 3.8) is 0 Å². The summed E-state index contributed by atoms with van der Waals surface area (Å²) in [5.41, 5.74) is 2.61. The fraction of sp³-hybridized carbons (Fsp3) is 0.333. The molecule has 14 heavy (non-hydrogen) atoms. The molecule has 1 heterocycles. The molecule has 0 bridgehead atoms. The van der Waals surface area contributed by atoms with Gasteiger partial charge in [-0.2, -0.15) is 0 Å². The Morgan fingerprint density at radius 2 is 2.57 bits per heavy atom. The Morgan fingerprint density at radius 3 is 3.21 bits per heavy atom. The van der Waals surface area contributed by atoms with E-state index in [1.54, 1.807) is 5.51 Å². The molecule has 5 heteroatoms. The second-order valence-electron chi connectivity index (χ2n) is 2.56. The SMILES string of the molecule is C#CCNCC(=O)NCc1cscn1. The number of carbonyl (C=O) groups is 1.